The molecule has 0 saturated carbocycles. The maximum atomic E-state index is 11.4. The van der Waals surface area contributed by atoms with E-state index in [1.807, 2.05) is 0 Å². The van der Waals surface area contributed by atoms with E-state index in [1.165, 1.54) is 0 Å². The van der Waals surface area contributed by atoms with Gasteiger partial charge in [-0.1, -0.05) is 20.3 Å². The quantitative estimate of drug-likeness (QED) is 0.760. The molecule has 17 heavy (non-hydrogen) atoms. The van der Waals surface area contributed by atoms with Gasteiger partial charge in [-0.3, -0.25) is 9.69 Å². The molecule has 1 aliphatic heterocycles. The molecule has 1 rings (SSSR count). The van der Waals surface area contributed by atoms with Crippen LogP contribution in [-0.4, -0.2) is 55.0 Å². The molecule has 5 nitrogen and oxygen atoms in total. The Labute approximate surface area is 103 Å². The number of carbonyl (C=O) groups is 1. The molecular weight excluding hydrogens is 242 g/mol. The Bertz CT molecular complexity index is 366. The highest BCUT2D eigenvalue weighted by atomic mass is 32.2. The minimum Gasteiger partial charge on any atom is -0.480 e. The van der Waals surface area contributed by atoms with Gasteiger partial charge in [-0.05, 0) is 12.3 Å². The normalized spacial score (nSPS) is 25.0. The second kappa shape index (κ2) is 5.82. The van der Waals surface area contributed by atoms with Crippen LogP contribution in [0.4, 0.5) is 0 Å². The molecule has 6 heteroatoms. The van der Waals surface area contributed by atoms with Gasteiger partial charge < -0.3 is 5.11 Å². The van der Waals surface area contributed by atoms with Crippen molar-refractivity contribution >= 4 is 15.8 Å². The maximum Gasteiger partial charge on any atom is 0.317 e. The summed E-state index contributed by atoms with van der Waals surface area (Å²) in [6.45, 7) is 4.70. The number of hydrogen-bond donors (Lipinski definition) is 1. The molecule has 0 radical (unpaired) electrons. The Kier molecular flexibility index (Phi) is 4.94. The lowest BCUT2D eigenvalue weighted by Crippen LogP contribution is -2.42. The average molecular weight is 263 g/mol. The molecule has 2 atom stereocenters. The van der Waals surface area contributed by atoms with Crippen LogP contribution >= 0.6 is 0 Å². The molecule has 0 aromatic carbocycles. The van der Waals surface area contributed by atoms with Crippen LogP contribution in [0.25, 0.3) is 0 Å². The van der Waals surface area contributed by atoms with Crippen molar-refractivity contribution in [1.82, 2.24) is 4.90 Å². The SMILES string of the molecule is CCC(C)CN(CC(=O)O)C1CCS(=O)(=O)C1. The smallest absolute Gasteiger partial charge is 0.317 e. The van der Waals surface area contributed by atoms with Gasteiger partial charge in [-0.15, -0.1) is 0 Å². The zero-order chi connectivity index (χ0) is 13.1. The molecule has 1 fully saturated rings. The number of nitrogens with zero attached hydrogens (tertiary/aromatic N) is 1. The van der Waals surface area contributed by atoms with Crippen molar-refractivity contribution < 1.29 is 18.3 Å². The molecule has 0 amide bonds. The number of sulfone groups is 1. The highest BCUT2D eigenvalue weighted by Crippen LogP contribution is 2.19. The van der Waals surface area contributed by atoms with Gasteiger partial charge in [-0.2, -0.15) is 0 Å². The van der Waals surface area contributed by atoms with E-state index < -0.39 is 15.8 Å². The third-order valence-corrected chi connectivity index (χ3v) is 5.06. The van der Waals surface area contributed by atoms with Crippen molar-refractivity contribution in [3.63, 3.8) is 0 Å². The Morgan fingerprint density at radius 2 is 2.18 bits per heavy atom. The second-order valence-corrected chi connectivity index (χ2v) is 7.12. The van der Waals surface area contributed by atoms with Crippen LogP contribution in [0.3, 0.4) is 0 Å². The lowest BCUT2D eigenvalue weighted by Gasteiger charge is -2.28. The van der Waals surface area contributed by atoms with E-state index in [-0.39, 0.29) is 24.1 Å². The van der Waals surface area contributed by atoms with Crippen LogP contribution in [0, 0.1) is 5.92 Å². The molecule has 0 bridgehead atoms. The lowest BCUT2D eigenvalue weighted by molar-refractivity contribution is -0.139. The summed E-state index contributed by atoms with van der Waals surface area (Å²) in [4.78, 5) is 12.6. The second-order valence-electron chi connectivity index (χ2n) is 4.89. The first kappa shape index (κ1) is 14.4. The van der Waals surface area contributed by atoms with E-state index in [1.54, 1.807) is 4.90 Å². The van der Waals surface area contributed by atoms with Gasteiger partial charge in [0.25, 0.3) is 0 Å². The molecule has 1 N–H and O–H groups in total. The number of rotatable bonds is 6. The maximum absolute atomic E-state index is 11.4. The highest BCUT2D eigenvalue weighted by Gasteiger charge is 2.33. The zero-order valence-corrected chi connectivity index (χ0v) is 11.2. The first-order chi connectivity index (χ1) is 7.84. The Balaban J connectivity index is 2.66. The molecule has 100 valence electrons. The van der Waals surface area contributed by atoms with Crippen LogP contribution in [0.1, 0.15) is 26.7 Å². The van der Waals surface area contributed by atoms with E-state index in [2.05, 4.69) is 13.8 Å². The monoisotopic (exact) mass is 263 g/mol. The summed E-state index contributed by atoms with van der Waals surface area (Å²) in [5, 5.41) is 8.87. The first-order valence-corrected chi connectivity index (χ1v) is 7.82. The molecular formula is C11H21NO4S. The van der Waals surface area contributed by atoms with Crippen molar-refractivity contribution in [3.05, 3.63) is 0 Å². The summed E-state index contributed by atoms with van der Waals surface area (Å²) in [5.74, 6) is -0.208. The fraction of sp³-hybridized carbons (Fsp3) is 0.909. The minimum atomic E-state index is -2.95. The van der Waals surface area contributed by atoms with Crippen LogP contribution in [-0.2, 0) is 14.6 Å². The molecule has 1 saturated heterocycles. The van der Waals surface area contributed by atoms with E-state index in [0.717, 1.165) is 6.42 Å². The minimum absolute atomic E-state index is 0.0650. The van der Waals surface area contributed by atoms with Gasteiger partial charge in [-0.25, -0.2) is 8.42 Å². The van der Waals surface area contributed by atoms with E-state index >= 15 is 0 Å². The van der Waals surface area contributed by atoms with Crippen molar-refractivity contribution in [2.45, 2.75) is 32.7 Å². The fourth-order valence-electron chi connectivity index (χ4n) is 2.11. The summed E-state index contributed by atoms with van der Waals surface area (Å²) < 4.78 is 22.8. The molecule has 0 aromatic rings. The first-order valence-electron chi connectivity index (χ1n) is 6.00. The Morgan fingerprint density at radius 3 is 2.59 bits per heavy atom. The topological polar surface area (TPSA) is 74.7 Å². The third kappa shape index (κ3) is 4.63. The molecule has 1 heterocycles. The van der Waals surface area contributed by atoms with Crippen LogP contribution in [0.15, 0.2) is 0 Å². The summed E-state index contributed by atoms with van der Waals surface area (Å²) in [7, 11) is -2.95. The summed E-state index contributed by atoms with van der Waals surface area (Å²) in [6, 6.07) is -0.120. The average Bonchev–Trinajstić information content (AvgIpc) is 2.57. The Hall–Kier alpha value is -0.620. The number of aliphatic carboxylic acids is 1. The number of carboxylic acids is 1. The Morgan fingerprint density at radius 1 is 1.53 bits per heavy atom. The van der Waals surface area contributed by atoms with Gasteiger partial charge in [0.15, 0.2) is 9.84 Å². The van der Waals surface area contributed by atoms with E-state index in [4.69, 9.17) is 5.11 Å². The van der Waals surface area contributed by atoms with Gasteiger partial charge in [0.2, 0.25) is 0 Å². The van der Waals surface area contributed by atoms with Crippen LogP contribution < -0.4 is 0 Å². The largest absolute Gasteiger partial charge is 0.480 e. The van der Waals surface area contributed by atoms with E-state index in [0.29, 0.717) is 18.9 Å². The molecule has 0 aliphatic carbocycles. The highest BCUT2D eigenvalue weighted by molar-refractivity contribution is 7.91. The van der Waals surface area contributed by atoms with E-state index in [9.17, 15) is 13.2 Å². The molecule has 2 unspecified atom stereocenters. The predicted octanol–water partition coefficient (Wildman–Crippen LogP) is 0.606. The summed E-state index contributed by atoms with van der Waals surface area (Å²) in [5.41, 5.74) is 0. The fourth-order valence-corrected chi connectivity index (χ4v) is 3.87. The van der Waals surface area contributed by atoms with Crippen LogP contribution in [0.5, 0.6) is 0 Å². The van der Waals surface area contributed by atoms with Crippen molar-refractivity contribution in [3.8, 4) is 0 Å². The molecule has 0 aromatic heterocycles. The van der Waals surface area contributed by atoms with Gasteiger partial charge in [0.05, 0.1) is 18.1 Å². The molecule has 0 spiro atoms. The van der Waals surface area contributed by atoms with Crippen LogP contribution in [0.2, 0.25) is 0 Å². The van der Waals surface area contributed by atoms with Crippen molar-refractivity contribution in [1.29, 1.82) is 0 Å². The standard InChI is InChI=1S/C11H21NO4S/c1-3-9(2)6-12(7-11(13)14)10-4-5-17(15,16)8-10/h9-10H,3-8H2,1-2H3,(H,13,14). The summed E-state index contributed by atoms with van der Waals surface area (Å²) >= 11 is 0. The van der Waals surface area contributed by atoms with Crippen molar-refractivity contribution in [2.75, 3.05) is 24.6 Å². The number of carboxylic acid groups (broad SMARTS) is 1. The van der Waals surface area contributed by atoms with Gasteiger partial charge >= 0.3 is 5.97 Å². The lowest BCUT2D eigenvalue weighted by atomic mass is 10.1. The van der Waals surface area contributed by atoms with Gasteiger partial charge in [0.1, 0.15) is 0 Å². The third-order valence-electron chi connectivity index (χ3n) is 3.31. The summed E-state index contributed by atoms with van der Waals surface area (Å²) in [6.07, 6.45) is 1.53. The number of hydrogen-bond acceptors (Lipinski definition) is 4. The predicted molar refractivity (Wildman–Crippen MR) is 65.7 cm³/mol. The van der Waals surface area contributed by atoms with Gasteiger partial charge in [0, 0.05) is 12.6 Å². The zero-order valence-electron chi connectivity index (χ0n) is 10.4. The molecule has 1 aliphatic rings. The van der Waals surface area contributed by atoms with Crippen molar-refractivity contribution in [2.24, 2.45) is 5.92 Å².